The van der Waals surface area contributed by atoms with Gasteiger partial charge in [-0.25, -0.2) is 0 Å². The van der Waals surface area contributed by atoms with Crippen LogP contribution >= 0.6 is 43.2 Å². The predicted octanol–water partition coefficient (Wildman–Crippen LogP) is 4.95. The summed E-state index contributed by atoms with van der Waals surface area (Å²) in [7, 11) is 0. The molecule has 0 aliphatic heterocycles. The maximum atomic E-state index is 4.24. The van der Waals surface area contributed by atoms with Gasteiger partial charge in [-0.05, 0) is 75.0 Å². The van der Waals surface area contributed by atoms with Crippen molar-refractivity contribution in [2.45, 2.75) is 25.8 Å². The fraction of sp³-hybridized carbons (Fsp3) is 0.357. The van der Waals surface area contributed by atoms with E-state index in [0.717, 1.165) is 23.9 Å². The fourth-order valence-electron chi connectivity index (χ4n) is 1.91. The quantitative estimate of drug-likeness (QED) is 0.737. The molecule has 19 heavy (non-hydrogen) atoms. The second kappa shape index (κ2) is 7.53. The van der Waals surface area contributed by atoms with Gasteiger partial charge in [0.15, 0.2) is 0 Å². The second-order valence-electron chi connectivity index (χ2n) is 4.36. The molecule has 0 saturated carbocycles. The van der Waals surface area contributed by atoms with Gasteiger partial charge in [0.05, 0.1) is 3.79 Å². The molecule has 0 saturated heterocycles. The number of rotatable bonds is 6. The Morgan fingerprint density at radius 1 is 1.32 bits per heavy atom. The van der Waals surface area contributed by atoms with Crippen LogP contribution < -0.4 is 5.32 Å². The summed E-state index contributed by atoms with van der Waals surface area (Å²) in [5.41, 5.74) is 1.24. The van der Waals surface area contributed by atoms with Crippen LogP contribution in [0.5, 0.6) is 0 Å². The maximum Gasteiger partial charge on any atom is 0.0701 e. The van der Waals surface area contributed by atoms with Crippen molar-refractivity contribution in [1.29, 1.82) is 0 Å². The molecule has 0 aromatic carbocycles. The SMILES string of the molecule is CCCNC(Cc1cncc(Br)c1)c1ccc(Br)s1. The molecule has 1 unspecified atom stereocenters. The molecule has 102 valence electrons. The number of hydrogen-bond donors (Lipinski definition) is 1. The molecule has 5 heteroatoms. The van der Waals surface area contributed by atoms with Crippen LogP contribution in [0.4, 0.5) is 0 Å². The maximum absolute atomic E-state index is 4.24. The Morgan fingerprint density at radius 2 is 2.16 bits per heavy atom. The first-order valence-electron chi connectivity index (χ1n) is 6.27. The van der Waals surface area contributed by atoms with E-state index in [1.54, 1.807) is 11.3 Å². The van der Waals surface area contributed by atoms with E-state index in [-0.39, 0.29) is 0 Å². The molecule has 2 nitrogen and oxygen atoms in total. The highest BCUT2D eigenvalue weighted by Gasteiger charge is 2.14. The lowest BCUT2D eigenvalue weighted by Crippen LogP contribution is -2.23. The van der Waals surface area contributed by atoms with Crippen molar-refractivity contribution in [2.75, 3.05) is 6.54 Å². The van der Waals surface area contributed by atoms with Gasteiger partial charge in [0, 0.05) is 27.8 Å². The van der Waals surface area contributed by atoms with Crippen molar-refractivity contribution >= 4 is 43.2 Å². The first-order valence-corrected chi connectivity index (χ1v) is 8.67. The minimum atomic E-state index is 0.354. The average Bonchev–Trinajstić information content (AvgIpc) is 2.81. The van der Waals surface area contributed by atoms with Crippen molar-refractivity contribution < 1.29 is 0 Å². The van der Waals surface area contributed by atoms with Gasteiger partial charge in [-0.2, -0.15) is 0 Å². The summed E-state index contributed by atoms with van der Waals surface area (Å²) in [4.78, 5) is 5.60. The topological polar surface area (TPSA) is 24.9 Å². The molecule has 0 spiro atoms. The Hall–Kier alpha value is -0.230. The zero-order valence-electron chi connectivity index (χ0n) is 10.7. The zero-order chi connectivity index (χ0) is 13.7. The normalized spacial score (nSPS) is 12.6. The number of thiophene rings is 1. The van der Waals surface area contributed by atoms with Gasteiger partial charge in [-0.15, -0.1) is 11.3 Å². The molecule has 2 rings (SSSR count). The van der Waals surface area contributed by atoms with Crippen LogP contribution in [0, 0.1) is 0 Å². The van der Waals surface area contributed by atoms with Crippen LogP contribution in [0.25, 0.3) is 0 Å². The molecule has 0 amide bonds. The standard InChI is InChI=1S/C14H16Br2N2S/c1-2-5-18-12(13-3-4-14(16)19-13)7-10-6-11(15)9-17-8-10/h3-4,6,8-9,12,18H,2,5,7H2,1H3. The van der Waals surface area contributed by atoms with Crippen LogP contribution in [0.3, 0.4) is 0 Å². The van der Waals surface area contributed by atoms with E-state index in [9.17, 15) is 0 Å². The number of nitrogens with one attached hydrogen (secondary N) is 1. The monoisotopic (exact) mass is 402 g/mol. The van der Waals surface area contributed by atoms with E-state index in [0.29, 0.717) is 6.04 Å². The molecule has 0 aliphatic rings. The molecule has 0 aliphatic carbocycles. The summed E-state index contributed by atoms with van der Waals surface area (Å²) in [6.45, 7) is 3.22. The van der Waals surface area contributed by atoms with Gasteiger partial charge in [-0.3, -0.25) is 4.98 Å². The molecule has 0 bridgehead atoms. The third-order valence-corrected chi connectivity index (χ3v) is 4.95. The third kappa shape index (κ3) is 4.67. The summed E-state index contributed by atoms with van der Waals surface area (Å²) in [6, 6.07) is 6.79. The summed E-state index contributed by atoms with van der Waals surface area (Å²) in [5.74, 6) is 0. The van der Waals surface area contributed by atoms with Gasteiger partial charge in [0.1, 0.15) is 0 Å². The number of hydrogen-bond acceptors (Lipinski definition) is 3. The Bertz CT molecular complexity index is 528. The molecule has 2 aromatic rings. The molecule has 0 fully saturated rings. The smallest absolute Gasteiger partial charge is 0.0701 e. The summed E-state index contributed by atoms with van der Waals surface area (Å²) in [6.07, 6.45) is 5.85. The van der Waals surface area contributed by atoms with E-state index in [1.807, 2.05) is 12.4 Å². The Morgan fingerprint density at radius 3 is 2.79 bits per heavy atom. The lowest BCUT2D eigenvalue weighted by Gasteiger charge is -2.17. The highest BCUT2D eigenvalue weighted by Crippen LogP contribution is 2.29. The second-order valence-corrected chi connectivity index (χ2v) is 7.77. The van der Waals surface area contributed by atoms with Crippen molar-refractivity contribution in [3.05, 3.63) is 49.3 Å². The lowest BCUT2D eigenvalue weighted by atomic mass is 10.1. The molecular weight excluding hydrogens is 388 g/mol. The number of pyridine rings is 1. The van der Waals surface area contributed by atoms with Crippen LogP contribution in [0.1, 0.15) is 29.8 Å². The predicted molar refractivity (Wildman–Crippen MR) is 88.7 cm³/mol. The van der Waals surface area contributed by atoms with E-state index in [1.165, 1.54) is 14.2 Å². The molecule has 2 aromatic heterocycles. The minimum absolute atomic E-state index is 0.354. The van der Waals surface area contributed by atoms with Gasteiger partial charge in [0.25, 0.3) is 0 Å². The highest BCUT2D eigenvalue weighted by atomic mass is 79.9. The van der Waals surface area contributed by atoms with Crippen molar-refractivity contribution in [3.8, 4) is 0 Å². The number of nitrogens with zero attached hydrogens (tertiary/aromatic N) is 1. The van der Waals surface area contributed by atoms with Crippen LogP contribution in [0.2, 0.25) is 0 Å². The third-order valence-electron chi connectivity index (χ3n) is 2.78. The Balaban J connectivity index is 2.13. The zero-order valence-corrected chi connectivity index (χ0v) is 14.7. The molecule has 1 atom stereocenters. The van der Waals surface area contributed by atoms with E-state index in [2.05, 4.69) is 67.3 Å². The first-order chi connectivity index (χ1) is 9.19. The molecule has 2 heterocycles. The lowest BCUT2D eigenvalue weighted by molar-refractivity contribution is 0.536. The summed E-state index contributed by atoms with van der Waals surface area (Å²) in [5, 5.41) is 3.61. The van der Waals surface area contributed by atoms with E-state index < -0.39 is 0 Å². The van der Waals surface area contributed by atoms with Crippen molar-refractivity contribution in [2.24, 2.45) is 0 Å². The van der Waals surface area contributed by atoms with Crippen LogP contribution in [0.15, 0.2) is 38.9 Å². The van der Waals surface area contributed by atoms with E-state index >= 15 is 0 Å². The van der Waals surface area contributed by atoms with Gasteiger partial charge < -0.3 is 5.32 Å². The first kappa shape index (κ1) is 15.2. The van der Waals surface area contributed by atoms with Gasteiger partial charge in [-0.1, -0.05) is 6.92 Å². The number of aromatic nitrogens is 1. The van der Waals surface area contributed by atoms with Crippen molar-refractivity contribution in [1.82, 2.24) is 10.3 Å². The average molecular weight is 404 g/mol. The minimum Gasteiger partial charge on any atom is -0.309 e. The molecule has 1 N–H and O–H groups in total. The molecular formula is C14H16Br2N2S. The van der Waals surface area contributed by atoms with Crippen molar-refractivity contribution in [3.63, 3.8) is 0 Å². The van der Waals surface area contributed by atoms with Crippen LogP contribution in [-0.2, 0) is 6.42 Å². The Labute approximate surface area is 134 Å². The van der Waals surface area contributed by atoms with E-state index in [4.69, 9.17) is 0 Å². The largest absolute Gasteiger partial charge is 0.309 e. The van der Waals surface area contributed by atoms with Gasteiger partial charge in [0.2, 0.25) is 0 Å². The van der Waals surface area contributed by atoms with Crippen LogP contribution in [-0.4, -0.2) is 11.5 Å². The number of halogens is 2. The summed E-state index contributed by atoms with van der Waals surface area (Å²) < 4.78 is 2.21. The fourth-order valence-corrected chi connectivity index (χ4v) is 3.82. The summed E-state index contributed by atoms with van der Waals surface area (Å²) >= 11 is 8.81. The highest BCUT2D eigenvalue weighted by molar-refractivity contribution is 9.11. The molecule has 0 radical (unpaired) electrons. The van der Waals surface area contributed by atoms with Gasteiger partial charge >= 0.3 is 0 Å². The Kier molecular flexibility index (Phi) is 6.01.